The highest BCUT2D eigenvalue weighted by Crippen LogP contribution is 2.20. The van der Waals surface area contributed by atoms with Crippen molar-refractivity contribution in [1.29, 1.82) is 0 Å². The first-order valence-corrected chi connectivity index (χ1v) is 6.42. The van der Waals surface area contributed by atoms with Gasteiger partial charge in [0.2, 0.25) is 0 Å². The topological polar surface area (TPSA) is 34.4 Å². The van der Waals surface area contributed by atoms with Gasteiger partial charge in [0.15, 0.2) is 11.6 Å². The van der Waals surface area contributed by atoms with Crippen molar-refractivity contribution >= 4 is 0 Å². The summed E-state index contributed by atoms with van der Waals surface area (Å²) in [5.41, 5.74) is 0.807. The molecular weight excluding hydrogens is 264 g/mol. The summed E-state index contributed by atoms with van der Waals surface area (Å²) in [5.74, 6) is -0.489. The molecule has 5 heteroatoms. The van der Waals surface area contributed by atoms with Crippen molar-refractivity contribution in [2.75, 3.05) is 0 Å². The fraction of sp³-hybridized carbons (Fsp3) is 0.333. The summed E-state index contributed by atoms with van der Waals surface area (Å²) < 4.78 is 37.1. The molecule has 0 aliphatic heterocycles. The van der Waals surface area contributed by atoms with Gasteiger partial charge in [0.1, 0.15) is 18.2 Å². The number of halogens is 2. The number of hydrogen-bond acceptors (Lipinski definition) is 3. The summed E-state index contributed by atoms with van der Waals surface area (Å²) in [6, 6.07) is 5.21. The number of hydrogen-bond donors (Lipinski definition) is 1. The number of ether oxygens (including phenoxy) is 1. The van der Waals surface area contributed by atoms with E-state index in [9.17, 15) is 8.78 Å². The van der Waals surface area contributed by atoms with Crippen LogP contribution in [0.2, 0.25) is 0 Å². The maximum atomic E-state index is 13.4. The predicted octanol–water partition coefficient (Wildman–Crippen LogP) is 3.63. The standard InChI is InChI=1S/C15H17F2NO2/c1-10(2)18-8-15-11(5-6-19-15)9-20-14-7-12(16)3-4-13(14)17/h3-7,10,18H,8-9H2,1-2H3. The summed E-state index contributed by atoms with van der Waals surface area (Å²) in [5, 5.41) is 3.22. The third-order valence-corrected chi connectivity index (χ3v) is 2.78. The maximum absolute atomic E-state index is 13.4. The fourth-order valence-electron chi connectivity index (χ4n) is 1.69. The van der Waals surface area contributed by atoms with E-state index >= 15 is 0 Å². The monoisotopic (exact) mass is 281 g/mol. The van der Waals surface area contributed by atoms with E-state index in [-0.39, 0.29) is 12.4 Å². The van der Waals surface area contributed by atoms with Crippen molar-refractivity contribution in [3.05, 3.63) is 53.5 Å². The van der Waals surface area contributed by atoms with Gasteiger partial charge < -0.3 is 14.5 Å². The molecule has 2 rings (SSSR count). The second kappa shape index (κ2) is 6.52. The third-order valence-electron chi connectivity index (χ3n) is 2.78. The molecule has 0 bridgehead atoms. The SMILES string of the molecule is CC(C)NCc1occc1COc1cc(F)ccc1F. The van der Waals surface area contributed by atoms with Gasteiger partial charge in [-0.05, 0) is 18.2 Å². The Labute approximate surface area is 116 Å². The van der Waals surface area contributed by atoms with Gasteiger partial charge in [0.25, 0.3) is 0 Å². The van der Waals surface area contributed by atoms with Crippen LogP contribution in [0.1, 0.15) is 25.2 Å². The van der Waals surface area contributed by atoms with Crippen LogP contribution in [0, 0.1) is 11.6 Å². The molecule has 108 valence electrons. The number of benzene rings is 1. The van der Waals surface area contributed by atoms with E-state index in [2.05, 4.69) is 5.32 Å². The van der Waals surface area contributed by atoms with Crippen LogP contribution in [-0.4, -0.2) is 6.04 Å². The van der Waals surface area contributed by atoms with Crippen LogP contribution < -0.4 is 10.1 Å². The van der Waals surface area contributed by atoms with Crippen LogP contribution in [-0.2, 0) is 13.2 Å². The molecule has 0 spiro atoms. The molecule has 0 saturated carbocycles. The molecule has 0 fully saturated rings. The van der Waals surface area contributed by atoms with E-state index in [1.54, 1.807) is 12.3 Å². The predicted molar refractivity (Wildman–Crippen MR) is 71.4 cm³/mol. The maximum Gasteiger partial charge on any atom is 0.165 e. The molecule has 0 aliphatic carbocycles. The van der Waals surface area contributed by atoms with Gasteiger partial charge in [0, 0.05) is 17.7 Å². The largest absolute Gasteiger partial charge is 0.486 e. The van der Waals surface area contributed by atoms with Crippen LogP contribution in [0.4, 0.5) is 8.78 Å². The Morgan fingerprint density at radius 2 is 2.05 bits per heavy atom. The molecule has 1 aromatic heterocycles. The number of nitrogens with one attached hydrogen (secondary N) is 1. The van der Waals surface area contributed by atoms with Gasteiger partial charge in [-0.25, -0.2) is 8.78 Å². The number of rotatable bonds is 6. The molecule has 0 radical (unpaired) electrons. The first kappa shape index (κ1) is 14.5. The first-order chi connectivity index (χ1) is 9.56. The van der Waals surface area contributed by atoms with Gasteiger partial charge in [-0.1, -0.05) is 13.8 Å². The lowest BCUT2D eigenvalue weighted by Gasteiger charge is -2.09. The smallest absolute Gasteiger partial charge is 0.165 e. The second-order valence-corrected chi connectivity index (χ2v) is 4.77. The van der Waals surface area contributed by atoms with Crippen LogP contribution in [0.3, 0.4) is 0 Å². The molecule has 1 heterocycles. The van der Waals surface area contributed by atoms with E-state index in [0.717, 1.165) is 29.5 Å². The Morgan fingerprint density at radius 1 is 1.25 bits per heavy atom. The Balaban J connectivity index is 2.00. The lowest BCUT2D eigenvalue weighted by Crippen LogP contribution is -2.22. The van der Waals surface area contributed by atoms with Crippen LogP contribution in [0.5, 0.6) is 5.75 Å². The molecule has 0 atom stereocenters. The highest BCUT2D eigenvalue weighted by Gasteiger charge is 2.10. The summed E-state index contributed by atoms with van der Waals surface area (Å²) in [6.07, 6.45) is 1.55. The van der Waals surface area contributed by atoms with E-state index in [4.69, 9.17) is 9.15 Å². The summed E-state index contributed by atoms with van der Waals surface area (Å²) in [4.78, 5) is 0. The zero-order valence-corrected chi connectivity index (χ0v) is 11.5. The first-order valence-electron chi connectivity index (χ1n) is 6.42. The highest BCUT2D eigenvalue weighted by molar-refractivity contribution is 5.26. The Bertz CT molecular complexity index is 567. The summed E-state index contributed by atoms with van der Waals surface area (Å²) >= 11 is 0. The molecule has 0 unspecified atom stereocenters. The quantitative estimate of drug-likeness (QED) is 0.878. The van der Waals surface area contributed by atoms with E-state index in [0.29, 0.717) is 12.6 Å². The summed E-state index contributed by atoms with van der Waals surface area (Å²) in [7, 11) is 0. The Hall–Kier alpha value is -1.88. The third kappa shape index (κ3) is 3.81. The zero-order valence-electron chi connectivity index (χ0n) is 11.5. The molecule has 3 nitrogen and oxygen atoms in total. The van der Waals surface area contributed by atoms with Gasteiger partial charge in [-0.15, -0.1) is 0 Å². The minimum atomic E-state index is -0.586. The summed E-state index contributed by atoms with van der Waals surface area (Å²) in [6.45, 7) is 4.75. The average Bonchev–Trinajstić information content (AvgIpc) is 2.85. The van der Waals surface area contributed by atoms with Crippen molar-refractivity contribution in [1.82, 2.24) is 5.32 Å². The number of furan rings is 1. The van der Waals surface area contributed by atoms with Gasteiger partial charge in [-0.2, -0.15) is 0 Å². The lowest BCUT2D eigenvalue weighted by molar-refractivity contribution is 0.284. The van der Waals surface area contributed by atoms with Gasteiger partial charge in [0.05, 0.1) is 12.8 Å². The fourth-order valence-corrected chi connectivity index (χ4v) is 1.69. The minimum absolute atomic E-state index is 0.103. The Kier molecular flexibility index (Phi) is 4.74. The lowest BCUT2D eigenvalue weighted by atomic mass is 10.2. The Morgan fingerprint density at radius 3 is 2.80 bits per heavy atom. The molecular formula is C15H17F2NO2. The van der Waals surface area contributed by atoms with E-state index in [1.807, 2.05) is 13.8 Å². The van der Waals surface area contributed by atoms with Crippen LogP contribution in [0.15, 0.2) is 34.9 Å². The van der Waals surface area contributed by atoms with Crippen molar-refractivity contribution in [2.45, 2.75) is 33.0 Å². The zero-order chi connectivity index (χ0) is 14.5. The molecule has 0 aliphatic rings. The van der Waals surface area contributed by atoms with E-state index in [1.165, 1.54) is 0 Å². The van der Waals surface area contributed by atoms with Crippen LogP contribution >= 0.6 is 0 Å². The van der Waals surface area contributed by atoms with Crippen molar-refractivity contribution in [3.63, 3.8) is 0 Å². The molecule has 2 aromatic rings. The minimum Gasteiger partial charge on any atom is -0.486 e. The molecule has 20 heavy (non-hydrogen) atoms. The highest BCUT2D eigenvalue weighted by atomic mass is 19.1. The van der Waals surface area contributed by atoms with Crippen molar-refractivity contribution in [3.8, 4) is 5.75 Å². The van der Waals surface area contributed by atoms with Gasteiger partial charge in [-0.3, -0.25) is 0 Å². The second-order valence-electron chi connectivity index (χ2n) is 4.77. The molecule has 0 amide bonds. The van der Waals surface area contributed by atoms with Gasteiger partial charge >= 0.3 is 0 Å². The average molecular weight is 281 g/mol. The molecule has 1 N–H and O–H groups in total. The molecule has 0 saturated heterocycles. The van der Waals surface area contributed by atoms with E-state index < -0.39 is 11.6 Å². The van der Waals surface area contributed by atoms with Crippen molar-refractivity contribution < 1.29 is 17.9 Å². The van der Waals surface area contributed by atoms with Crippen molar-refractivity contribution in [2.24, 2.45) is 0 Å². The normalized spacial score (nSPS) is 11.1. The molecule has 1 aromatic carbocycles. The van der Waals surface area contributed by atoms with Crippen LogP contribution in [0.25, 0.3) is 0 Å².